The van der Waals surface area contributed by atoms with Crippen molar-refractivity contribution in [3.8, 4) is 0 Å². The van der Waals surface area contributed by atoms with Gasteiger partial charge in [-0.2, -0.15) is 0 Å². The molecule has 1 aromatic heterocycles. The van der Waals surface area contributed by atoms with Crippen LogP contribution in [0.25, 0.3) is 0 Å². The highest BCUT2D eigenvalue weighted by Gasteiger charge is 2.20. The van der Waals surface area contributed by atoms with Gasteiger partial charge >= 0.3 is 0 Å². The minimum atomic E-state index is -3.54. The van der Waals surface area contributed by atoms with Crippen LogP contribution in [-0.4, -0.2) is 26.5 Å². The molecule has 4 rings (SSSR count). The van der Waals surface area contributed by atoms with Crippen molar-refractivity contribution in [1.82, 2.24) is 5.32 Å². The van der Waals surface area contributed by atoms with Gasteiger partial charge in [-0.05, 0) is 73.0 Å². The van der Waals surface area contributed by atoms with E-state index in [0.717, 1.165) is 16.7 Å². The second-order valence-electron chi connectivity index (χ2n) is 9.02. The van der Waals surface area contributed by atoms with Crippen LogP contribution in [0.1, 0.15) is 43.2 Å². The van der Waals surface area contributed by atoms with Crippen LogP contribution in [0.15, 0.2) is 89.5 Å². The summed E-state index contributed by atoms with van der Waals surface area (Å²) >= 11 is 0. The van der Waals surface area contributed by atoms with E-state index in [9.17, 15) is 18.0 Å². The number of anilines is 2. The topological polar surface area (TPSA) is 109 Å². The Hall–Kier alpha value is -4.37. The summed E-state index contributed by atoms with van der Waals surface area (Å²) < 4.78 is 31.8. The Labute approximate surface area is 222 Å². The zero-order valence-electron chi connectivity index (χ0n) is 21.4. The molecular formula is C29H29N3O5S. The number of benzene rings is 3. The van der Waals surface area contributed by atoms with Gasteiger partial charge in [0.15, 0.2) is 0 Å². The molecule has 196 valence electrons. The number of para-hydroxylation sites is 1. The van der Waals surface area contributed by atoms with Crippen molar-refractivity contribution in [2.45, 2.75) is 26.9 Å². The molecule has 0 fully saturated rings. The lowest BCUT2D eigenvalue weighted by atomic mass is 10.1. The molecule has 0 radical (unpaired) electrons. The highest BCUT2D eigenvalue weighted by Crippen LogP contribution is 2.26. The minimum absolute atomic E-state index is 0.129. The van der Waals surface area contributed by atoms with Gasteiger partial charge in [-0.3, -0.25) is 13.9 Å². The van der Waals surface area contributed by atoms with Crippen LogP contribution in [0.2, 0.25) is 0 Å². The number of sulfonamides is 1. The number of furan rings is 1. The van der Waals surface area contributed by atoms with Crippen molar-refractivity contribution in [3.63, 3.8) is 0 Å². The molecule has 4 aromatic rings. The van der Waals surface area contributed by atoms with Gasteiger partial charge < -0.3 is 15.1 Å². The Bertz CT molecular complexity index is 1550. The second kappa shape index (κ2) is 11.4. The smallest absolute Gasteiger partial charge is 0.255 e. The maximum atomic E-state index is 13.0. The molecule has 1 heterocycles. The van der Waals surface area contributed by atoms with Gasteiger partial charge in [0.25, 0.3) is 11.8 Å². The summed E-state index contributed by atoms with van der Waals surface area (Å²) in [6.45, 7) is 4.14. The monoisotopic (exact) mass is 531 g/mol. The number of rotatable bonds is 9. The van der Waals surface area contributed by atoms with E-state index < -0.39 is 15.9 Å². The van der Waals surface area contributed by atoms with Crippen molar-refractivity contribution < 1.29 is 22.4 Å². The van der Waals surface area contributed by atoms with Crippen LogP contribution in [0, 0.1) is 13.8 Å². The molecule has 0 spiro atoms. The predicted molar refractivity (Wildman–Crippen MR) is 148 cm³/mol. The van der Waals surface area contributed by atoms with Gasteiger partial charge in [-0.1, -0.05) is 36.4 Å². The quantitative estimate of drug-likeness (QED) is 0.314. The van der Waals surface area contributed by atoms with Crippen molar-refractivity contribution in [3.05, 3.63) is 119 Å². The molecule has 0 bridgehead atoms. The highest BCUT2D eigenvalue weighted by molar-refractivity contribution is 7.92. The Morgan fingerprint density at radius 1 is 0.895 bits per heavy atom. The number of carbonyl (C=O) groups is 2. The number of carbonyl (C=O) groups excluding carboxylic acids is 2. The van der Waals surface area contributed by atoms with Crippen LogP contribution >= 0.6 is 0 Å². The average Bonchev–Trinajstić information content (AvgIpc) is 3.41. The lowest BCUT2D eigenvalue weighted by Gasteiger charge is -2.25. The third kappa shape index (κ3) is 6.49. The highest BCUT2D eigenvalue weighted by atomic mass is 32.2. The van der Waals surface area contributed by atoms with Gasteiger partial charge in [0.2, 0.25) is 10.0 Å². The Morgan fingerprint density at radius 3 is 2.32 bits per heavy atom. The molecule has 0 saturated heterocycles. The molecule has 38 heavy (non-hydrogen) atoms. The Morgan fingerprint density at radius 2 is 1.63 bits per heavy atom. The number of hydrogen-bond acceptors (Lipinski definition) is 5. The van der Waals surface area contributed by atoms with Crippen molar-refractivity contribution in [2.24, 2.45) is 0 Å². The van der Waals surface area contributed by atoms with Crippen LogP contribution in [-0.2, 0) is 23.1 Å². The molecule has 3 aromatic carbocycles. The fraction of sp³-hybridized carbons (Fsp3) is 0.172. The molecule has 0 aliphatic rings. The molecule has 2 amide bonds. The van der Waals surface area contributed by atoms with Gasteiger partial charge in [-0.25, -0.2) is 8.42 Å². The van der Waals surface area contributed by atoms with Crippen LogP contribution in [0.5, 0.6) is 0 Å². The Balaban J connectivity index is 1.47. The first-order valence-electron chi connectivity index (χ1n) is 12.0. The number of nitrogens with zero attached hydrogens (tertiary/aromatic N) is 1. The molecule has 8 nitrogen and oxygen atoms in total. The SMILES string of the molecule is Cc1ccc(C)c(N(Cc2ccc(C(=O)Nc3ccccc3C(=O)NCc3ccco3)cc2)S(C)(=O)=O)c1. The van der Waals surface area contributed by atoms with Gasteiger partial charge in [0.1, 0.15) is 5.76 Å². The van der Waals surface area contributed by atoms with Gasteiger partial charge in [-0.15, -0.1) is 0 Å². The third-order valence-electron chi connectivity index (χ3n) is 6.00. The number of aryl methyl sites for hydroxylation is 2. The maximum absolute atomic E-state index is 13.0. The molecular weight excluding hydrogens is 502 g/mol. The molecule has 0 aliphatic carbocycles. The summed E-state index contributed by atoms with van der Waals surface area (Å²) in [5, 5.41) is 5.57. The fourth-order valence-electron chi connectivity index (χ4n) is 3.96. The summed E-state index contributed by atoms with van der Waals surface area (Å²) in [5.41, 5.74) is 4.22. The van der Waals surface area contributed by atoms with E-state index in [2.05, 4.69) is 10.6 Å². The molecule has 9 heteroatoms. The second-order valence-corrected chi connectivity index (χ2v) is 10.9. The van der Waals surface area contributed by atoms with E-state index in [1.54, 1.807) is 60.7 Å². The molecule has 0 atom stereocenters. The Kier molecular flexibility index (Phi) is 7.97. The largest absolute Gasteiger partial charge is 0.467 e. The minimum Gasteiger partial charge on any atom is -0.467 e. The van der Waals surface area contributed by atoms with Gasteiger partial charge in [0, 0.05) is 5.56 Å². The van der Waals surface area contributed by atoms with E-state index >= 15 is 0 Å². The summed E-state index contributed by atoms with van der Waals surface area (Å²) in [6, 6.07) is 22.6. The standard InChI is InChI=1S/C29H29N3O5S/c1-20-10-11-21(2)27(17-20)32(38(3,35)36)19-22-12-14-23(15-13-22)28(33)31-26-9-5-4-8-25(26)29(34)30-18-24-7-6-16-37-24/h4-17H,18-19H2,1-3H3,(H,30,34)(H,31,33). The van der Waals surface area contributed by atoms with Gasteiger partial charge in [0.05, 0.1) is 42.5 Å². The van der Waals surface area contributed by atoms with E-state index in [0.29, 0.717) is 28.3 Å². The summed E-state index contributed by atoms with van der Waals surface area (Å²) in [7, 11) is -3.54. The van der Waals surface area contributed by atoms with Crippen LogP contribution in [0.4, 0.5) is 11.4 Å². The number of amides is 2. The number of nitrogens with one attached hydrogen (secondary N) is 2. The summed E-state index contributed by atoms with van der Waals surface area (Å²) in [5.74, 6) is -0.121. The zero-order chi connectivity index (χ0) is 27.3. The first kappa shape index (κ1) is 26.7. The first-order chi connectivity index (χ1) is 18.1. The van der Waals surface area contributed by atoms with Crippen LogP contribution < -0.4 is 14.9 Å². The molecule has 0 aliphatic heterocycles. The fourth-order valence-corrected chi connectivity index (χ4v) is 4.89. The van der Waals surface area contributed by atoms with E-state index in [1.807, 2.05) is 32.0 Å². The van der Waals surface area contributed by atoms with E-state index in [-0.39, 0.29) is 19.0 Å². The predicted octanol–water partition coefficient (Wildman–Crippen LogP) is 5.04. The lowest BCUT2D eigenvalue weighted by Crippen LogP contribution is -2.30. The molecule has 0 unspecified atom stereocenters. The zero-order valence-corrected chi connectivity index (χ0v) is 22.2. The van der Waals surface area contributed by atoms with E-state index in [1.165, 1.54) is 16.8 Å². The maximum Gasteiger partial charge on any atom is 0.255 e. The first-order valence-corrected chi connectivity index (χ1v) is 13.8. The third-order valence-corrected chi connectivity index (χ3v) is 7.13. The van der Waals surface area contributed by atoms with Crippen LogP contribution in [0.3, 0.4) is 0 Å². The molecule has 0 saturated carbocycles. The summed E-state index contributed by atoms with van der Waals surface area (Å²) in [6.07, 6.45) is 2.71. The van der Waals surface area contributed by atoms with Crippen molar-refractivity contribution in [1.29, 1.82) is 0 Å². The summed E-state index contributed by atoms with van der Waals surface area (Å²) in [4.78, 5) is 25.7. The average molecular weight is 532 g/mol. The van der Waals surface area contributed by atoms with Crippen molar-refractivity contribution >= 4 is 33.2 Å². The van der Waals surface area contributed by atoms with Crippen molar-refractivity contribution in [2.75, 3.05) is 15.9 Å². The number of hydrogen-bond donors (Lipinski definition) is 2. The lowest BCUT2D eigenvalue weighted by molar-refractivity contribution is 0.0949. The normalized spacial score (nSPS) is 11.1. The van der Waals surface area contributed by atoms with E-state index in [4.69, 9.17) is 4.42 Å². The molecule has 2 N–H and O–H groups in total.